The first-order valence-electron chi connectivity index (χ1n) is 14.8. The summed E-state index contributed by atoms with van der Waals surface area (Å²) in [6, 6.07) is 11.1. The maximum atomic E-state index is 12.4. The Morgan fingerprint density at radius 3 is 1.62 bits per heavy atom. The predicted molar refractivity (Wildman–Crippen MR) is 169 cm³/mol. The van der Waals surface area contributed by atoms with Crippen LogP contribution in [0.25, 0.3) is 0 Å². The normalized spacial score (nSPS) is 19.5. The number of ether oxygens (including phenoxy) is 2. The molecular weight excluding hydrogens is 726 g/mol. The molecule has 0 aliphatic carbocycles. The van der Waals surface area contributed by atoms with Crippen LogP contribution in [0.15, 0.2) is 42.5 Å². The molecule has 0 radical (unpaired) electrons. The molecular formula is C30H40F6N2O10S2. The van der Waals surface area contributed by atoms with Gasteiger partial charge in [0.1, 0.15) is 17.8 Å². The lowest BCUT2D eigenvalue weighted by Crippen LogP contribution is -2.53. The second kappa shape index (κ2) is 15.8. The number of esters is 2. The average molecular weight is 767 g/mol. The summed E-state index contributed by atoms with van der Waals surface area (Å²) in [4.78, 5) is 23.8. The Bertz CT molecular complexity index is 1750. The monoisotopic (exact) mass is 766 g/mol. The SMILES string of the molecule is CCOC(=O)C1Cc2cc(OS(=O)(=O)C(F)(F)F)ccc2C(C)(C)N1.CCOC(=O)C1Cc2ccccc2C(C)(C)N1.O=S(=O)(O)C(F)(F)F.[HH]. The molecule has 3 N–H and O–H groups in total. The van der Waals surface area contributed by atoms with Crippen molar-refractivity contribution in [3.05, 3.63) is 64.7 Å². The third-order valence-corrected chi connectivity index (χ3v) is 8.85. The summed E-state index contributed by atoms with van der Waals surface area (Å²) in [5.74, 6) is -1.11. The first-order valence-corrected chi connectivity index (χ1v) is 17.7. The molecule has 12 nitrogen and oxygen atoms in total. The third kappa shape index (κ3) is 11.0. The lowest BCUT2D eigenvalue weighted by Gasteiger charge is -2.38. The lowest BCUT2D eigenvalue weighted by atomic mass is 9.82. The maximum Gasteiger partial charge on any atom is 0.534 e. The van der Waals surface area contributed by atoms with Crippen molar-refractivity contribution in [2.24, 2.45) is 0 Å². The first kappa shape index (κ1) is 42.7. The standard InChI is InChI=1S/C15H18F3NO5S.C14H19NO2.CHF3O3S.H2/c1-4-23-13(20)12-8-9-7-10(24-25(21,22)15(16,17)18)5-6-11(9)14(2,3)19-12;1-4-17-13(16)12-9-10-7-5-6-8-11(10)14(2,3)15-12;2-1(3,4)8(5,6)7;/h5-7,12,19H,4,8H2,1-3H3;5-8,12,15H,4,9H2,1-3H3;(H,5,6,7);1H. The number of benzene rings is 2. The van der Waals surface area contributed by atoms with E-state index in [4.69, 9.17) is 22.4 Å². The highest BCUT2D eigenvalue weighted by Gasteiger charge is 2.49. The van der Waals surface area contributed by atoms with Gasteiger partial charge in [0.15, 0.2) is 0 Å². The fraction of sp³-hybridized carbons (Fsp3) is 0.533. The van der Waals surface area contributed by atoms with E-state index in [-0.39, 0.29) is 32.0 Å². The molecule has 2 aliphatic heterocycles. The van der Waals surface area contributed by atoms with Crippen LogP contribution in [0.4, 0.5) is 26.3 Å². The number of nitrogens with one attached hydrogen (secondary N) is 2. The van der Waals surface area contributed by atoms with Crippen LogP contribution in [0.2, 0.25) is 0 Å². The molecule has 0 spiro atoms. The van der Waals surface area contributed by atoms with Gasteiger partial charge in [-0.3, -0.25) is 24.8 Å². The maximum absolute atomic E-state index is 12.4. The van der Waals surface area contributed by atoms with Crippen molar-refractivity contribution < 1.29 is 72.4 Å². The largest absolute Gasteiger partial charge is 0.534 e. The van der Waals surface area contributed by atoms with Gasteiger partial charge in [-0.25, -0.2) is 0 Å². The number of rotatable bonds is 6. The van der Waals surface area contributed by atoms with E-state index in [0.717, 1.165) is 11.6 Å². The minimum Gasteiger partial charge on any atom is -0.465 e. The van der Waals surface area contributed by atoms with Crippen molar-refractivity contribution in [3.63, 3.8) is 0 Å². The van der Waals surface area contributed by atoms with Crippen molar-refractivity contribution in [2.45, 2.75) is 88.6 Å². The fourth-order valence-electron chi connectivity index (χ4n) is 5.22. The number of hydrogen-bond acceptors (Lipinski definition) is 11. The Kier molecular flexibility index (Phi) is 13.5. The van der Waals surface area contributed by atoms with E-state index in [1.807, 2.05) is 19.1 Å². The van der Waals surface area contributed by atoms with E-state index < -0.39 is 54.6 Å². The molecule has 20 heteroatoms. The summed E-state index contributed by atoms with van der Waals surface area (Å²) in [5, 5.41) is 6.47. The van der Waals surface area contributed by atoms with Gasteiger partial charge in [0.05, 0.1) is 13.2 Å². The van der Waals surface area contributed by atoms with Gasteiger partial charge < -0.3 is 13.7 Å². The van der Waals surface area contributed by atoms with E-state index in [2.05, 4.69) is 40.8 Å². The average Bonchev–Trinajstić information content (AvgIpc) is 2.95. The van der Waals surface area contributed by atoms with Crippen molar-refractivity contribution >= 4 is 32.2 Å². The van der Waals surface area contributed by atoms with Crippen LogP contribution in [-0.2, 0) is 63.2 Å². The topological polar surface area (TPSA) is 174 Å². The summed E-state index contributed by atoms with van der Waals surface area (Å²) in [6.07, 6.45) is 0.847. The molecule has 0 saturated heterocycles. The highest BCUT2D eigenvalue weighted by atomic mass is 32.2. The van der Waals surface area contributed by atoms with Crippen LogP contribution >= 0.6 is 0 Å². The second-order valence-corrected chi connectivity index (χ2v) is 14.9. The van der Waals surface area contributed by atoms with Crippen LogP contribution in [-0.4, -0.2) is 69.6 Å². The number of alkyl halides is 6. The molecule has 0 fully saturated rings. The molecule has 0 amide bonds. The lowest BCUT2D eigenvalue weighted by molar-refractivity contribution is -0.147. The van der Waals surface area contributed by atoms with Crippen LogP contribution in [0.1, 0.15) is 65.2 Å². The summed E-state index contributed by atoms with van der Waals surface area (Å²) in [7, 11) is -11.6. The van der Waals surface area contributed by atoms with Crippen LogP contribution < -0.4 is 14.8 Å². The smallest absolute Gasteiger partial charge is 0.465 e. The minimum atomic E-state index is -5.84. The highest BCUT2D eigenvalue weighted by molar-refractivity contribution is 7.88. The van der Waals surface area contributed by atoms with E-state index in [9.17, 15) is 44.3 Å². The number of carbonyl (C=O) groups excluding carboxylic acids is 2. The number of halogens is 6. The van der Waals surface area contributed by atoms with Gasteiger partial charge in [-0.1, -0.05) is 30.3 Å². The quantitative estimate of drug-likeness (QED) is 0.120. The van der Waals surface area contributed by atoms with Crippen molar-refractivity contribution in [1.29, 1.82) is 0 Å². The van der Waals surface area contributed by atoms with Gasteiger partial charge >= 0.3 is 43.2 Å². The molecule has 50 heavy (non-hydrogen) atoms. The Morgan fingerprint density at radius 2 is 1.20 bits per heavy atom. The zero-order valence-corrected chi connectivity index (χ0v) is 29.4. The Morgan fingerprint density at radius 1 is 0.780 bits per heavy atom. The fourth-order valence-corrected chi connectivity index (χ4v) is 5.67. The van der Waals surface area contributed by atoms with Gasteiger partial charge in [0.25, 0.3) is 0 Å². The Hall–Kier alpha value is -3.46. The zero-order valence-electron chi connectivity index (χ0n) is 27.7. The first-order chi connectivity index (χ1) is 22.7. The van der Waals surface area contributed by atoms with Gasteiger partial charge in [-0.2, -0.15) is 43.2 Å². The van der Waals surface area contributed by atoms with E-state index in [1.165, 1.54) is 23.3 Å². The van der Waals surface area contributed by atoms with Crippen molar-refractivity contribution in [2.75, 3.05) is 13.2 Å². The molecule has 284 valence electrons. The number of hydrogen-bond donors (Lipinski definition) is 3. The van der Waals surface area contributed by atoms with Crippen LogP contribution in [0.5, 0.6) is 5.75 Å². The Balaban J connectivity index is 0.000000432. The third-order valence-electron chi connectivity index (χ3n) is 7.28. The summed E-state index contributed by atoms with van der Waals surface area (Å²) in [6.45, 7) is 11.9. The second-order valence-electron chi connectivity index (χ2n) is 11.9. The van der Waals surface area contributed by atoms with Crippen LogP contribution in [0, 0.1) is 0 Å². The van der Waals surface area contributed by atoms with E-state index in [0.29, 0.717) is 18.6 Å². The van der Waals surface area contributed by atoms with E-state index >= 15 is 0 Å². The summed E-state index contributed by atoms with van der Waals surface area (Å²) < 4.78 is 131. The Labute approximate surface area is 287 Å². The minimum absolute atomic E-state index is 0. The molecule has 2 atom stereocenters. The molecule has 0 aromatic heterocycles. The van der Waals surface area contributed by atoms with E-state index in [1.54, 1.807) is 20.8 Å². The summed E-state index contributed by atoms with van der Waals surface area (Å²) >= 11 is 0. The molecule has 0 bridgehead atoms. The number of carbonyl (C=O) groups is 2. The molecule has 2 aromatic rings. The van der Waals surface area contributed by atoms with Crippen molar-refractivity contribution in [3.8, 4) is 5.75 Å². The van der Waals surface area contributed by atoms with Gasteiger partial charge in [0, 0.05) is 12.5 Å². The number of fused-ring (bicyclic) bond motifs is 2. The molecule has 0 saturated carbocycles. The predicted octanol–water partition coefficient (Wildman–Crippen LogP) is 4.87. The van der Waals surface area contributed by atoms with Crippen molar-refractivity contribution in [1.82, 2.24) is 10.6 Å². The summed E-state index contributed by atoms with van der Waals surface area (Å²) in [5.41, 5.74) is -8.17. The zero-order chi connectivity index (χ0) is 38.5. The van der Waals surface area contributed by atoms with Gasteiger partial charge in [-0.05, 0) is 88.8 Å². The highest BCUT2D eigenvalue weighted by Crippen LogP contribution is 2.35. The molecule has 2 aromatic carbocycles. The molecule has 2 heterocycles. The van der Waals surface area contributed by atoms with Gasteiger partial charge in [-0.15, -0.1) is 0 Å². The van der Waals surface area contributed by atoms with Crippen LogP contribution in [0.3, 0.4) is 0 Å². The van der Waals surface area contributed by atoms with Gasteiger partial charge in [0.2, 0.25) is 0 Å². The molecule has 2 unspecified atom stereocenters. The molecule has 2 aliphatic rings. The molecule has 4 rings (SSSR count).